The fourth-order valence-corrected chi connectivity index (χ4v) is 2.99. The van der Waals surface area contributed by atoms with Crippen LogP contribution in [-0.2, 0) is 0 Å². The molecule has 0 unspecified atom stereocenters. The van der Waals surface area contributed by atoms with E-state index in [9.17, 15) is 0 Å². The summed E-state index contributed by atoms with van der Waals surface area (Å²) in [6.45, 7) is 0. The third kappa shape index (κ3) is 1.26. The van der Waals surface area contributed by atoms with Crippen molar-refractivity contribution >= 4 is 33.0 Å². The van der Waals surface area contributed by atoms with E-state index >= 15 is 0 Å². The lowest BCUT2D eigenvalue weighted by Gasteiger charge is -1.91. The summed E-state index contributed by atoms with van der Waals surface area (Å²) < 4.78 is 1.72. The Bertz CT molecular complexity index is 822. The fraction of sp³-hybridized carbons (Fsp3) is 0. The zero-order valence-electron chi connectivity index (χ0n) is 9.29. The van der Waals surface area contributed by atoms with E-state index in [0.29, 0.717) is 5.82 Å². The van der Waals surface area contributed by atoms with Gasteiger partial charge in [0.2, 0.25) is 4.96 Å². The molecule has 0 saturated carbocycles. The van der Waals surface area contributed by atoms with E-state index in [1.165, 1.54) is 16.7 Å². The number of aromatic nitrogens is 4. The first-order valence-electron chi connectivity index (χ1n) is 5.49. The average Bonchev–Trinajstić information content (AvgIpc) is 2.99. The van der Waals surface area contributed by atoms with Crippen molar-refractivity contribution < 1.29 is 0 Å². The molecule has 3 heterocycles. The van der Waals surface area contributed by atoms with Crippen LogP contribution in [0.5, 0.6) is 0 Å². The molecule has 0 aliphatic heterocycles. The van der Waals surface area contributed by atoms with E-state index in [2.05, 4.69) is 27.2 Å². The Morgan fingerprint density at radius 2 is 2.17 bits per heavy atom. The molecule has 0 bridgehead atoms. The number of hydrogen-bond donors (Lipinski definition) is 2. The molecule has 0 fully saturated rings. The first-order valence-corrected chi connectivity index (χ1v) is 6.31. The molecule has 4 rings (SSSR count). The van der Waals surface area contributed by atoms with Gasteiger partial charge in [-0.05, 0) is 6.07 Å². The molecule has 0 saturated heterocycles. The van der Waals surface area contributed by atoms with Crippen LogP contribution in [0.3, 0.4) is 0 Å². The van der Waals surface area contributed by atoms with Crippen molar-refractivity contribution in [2.75, 3.05) is 5.73 Å². The summed E-state index contributed by atoms with van der Waals surface area (Å²) in [6, 6.07) is 8.17. The molecule has 0 atom stereocenters. The zero-order valence-corrected chi connectivity index (χ0v) is 10.1. The zero-order chi connectivity index (χ0) is 12.1. The lowest BCUT2D eigenvalue weighted by atomic mass is 10.2. The molecular weight excluding hydrogens is 246 g/mol. The van der Waals surface area contributed by atoms with Crippen molar-refractivity contribution in [2.24, 2.45) is 0 Å². The molecule has 0 amide bonds. The molecule has 0 radical (unpaired) electrons. The molecule has 4 aromatic rings. The molecule has 3 aromatic heterocycles. The van der Waals surface area contributed by atoms with Crippen LogP contribution in [0, 0.1) is 0 Å². The highest BCUT2D eigenvalue weighted by molar-refractivity contribution is 7.20. The molecule has 18 heavy (non-hydrogen) atoms. The van der Waals surface area contributed by atoms with E-state index in [1.807, 2.05) is 18.3 Å². The van der Waals surface area contributed by atoms with Crippen LogP contribution in [0.15, 0.2) is 36.7 Å². The Morgan fingerprint density at radius 1 is 1.28 bits per heavy atom. The van der Waals surface area contributed by atoms with Crippen molar-refractivity contribution in [3.8, 4) is 10.6 Å². The number of H-pyrrole nitrogens is 1. The van der Waals surface area contributed by atoms with Crippen LogP contribution in [0.4, 0.5) is 5.82 Å². The number of aromatic amines is 1. The maximum atomic E-state index is 5.62. The van der Waals surface area contributed by atoms with Crippen molar-refractivity contribution in [1.82, 2.24) is 19.6 Å². The van der Waals surface area contributed by atoms with Crippen molar-refractivity contribution in [1.29, 1.82) is 0 Å². The smallest absolute Gasteiger partial charge is 0.214 e. The van der Waals surface area contributed by atoms with Crippen LogP contribution >= 0.6 is 11.3 Å². The number of nitrogen functional groups attached to an aromatic ring is 1. The number of rotatable bonds is 1. The monoisotopic (exact) mass is 255 g/mol. The summed E-state index contributed by atoms with van der Waals surface area (Å²) in [5.74, 6) is 0.499. The summed E-state index contributed by atoms with van der Waals surface area (Å²) >= 11 is 1.53. The average molecular weight is 255 g/mol. The number of hydrogen-bond acceptors (Lipinski definition) is 4. The molecule has 1 aromatic carbocycles. The van der Waals surface area contributed by atoms with Gasteiger partial charge in [-0.2, -0.15) is 5.10 Å². The third-order valence-electron chi connectivity index (χ3n) is 2.88. The number of nitrogens with zero attached hydrogens (tertiary/aromatic N) is 3. The third-order valence-corrected chi connectivity index (χ3v) is 3.84. The van der Waals surface area contributed by atoms with E-state index in [4.69, 9.17) is 5.73 Å². The van der Waals surface area contributed by atoms with Crippen LogP contribution < -0.4 is 5.73 Å². The quantitative estimate of drug-likeness (QED) is 0.549. The summed E-state index contributed by atoms with van der Waals surface area (Å²) in [5.41, 5.74) is 7.83. The van der Waals surface area contributed by atoms with E-state index in [-0.39, 0.29) is 0 Å². The number of nitrogens with one attached hydrogen (secondary N) is 1. The molecule has 0 aliphatic carbocycles. The highest BCUT2D eigenvalue weighted by Crippen LogP contribution is 2.31. The van der Waals surface area contributed by atoms with Gasteiger partial charge < -0.3 is 10.7 Å². The number of para-hydroxylation sites is 1. The summed E-state index contributed by atoms with van der Waals surface area (Å²) in [4.78, 5) is 8.27. The van der Waals surface area contributed by atoms with Gasteiger partial charge in [0.05, 0.1) is 6.20 Å². The van der Waals surface area contributed by atoms with Gasteiger partial charge in [-0.25, -0.2) is 9.50 Å². The minimum atomic E-state index is 0.499. The Kier molecular flexibility index (Phi) is 1.79. The van der Waals surface area contributed by atoms with Crippen LogP contribution in [0.25, 0.3) is 26.4 Å². The predicted octanol–water partition coefficient (Wildman–Crippen LogP) is 2.52. The normalized spacial score (nSPS) is 11.6. The SMILES string of the molecule is Nc1cn2nc(-c3c[nH]c4ccccc34)sc2n1. The Balaban J connectivity index is 1.98. The molecule has 0 spiro atoms. The molecule has 0 aliphatic rings. The minimum Gasteiger partial charge on any atom is -0.382 e. The first kappa shape index (κ1) is 9.67. The number of fused-ring (bicyclic) bond motifs is 2. The number of nitrogens with two attached hydrogens (primary N) is 1. The number of imidazole rings is 1. The largest absolute Gasteiger partial charge is 0.382 e. The minimum absolute atomic E-state index is 0.499. The van der Waals surface area contributed by atoms with E-state index in [0.717, 1.165) is 21.0 Å². The van der Waals surface area contributed by atoms with Crippen LogP contribution in [0.1, 0.15) is 0 Å². The molecule has 88 valence electrons. The van der Waals surface area contributed by atoms with E-state index in [1.54, 1.807) is 10.7 Å². The lowest BCUT2D eigenvalue weighted by molar-refractivity contribution is 0.979. The molecule has 6 heteroatoms. The molecule has 3 N–H and O–H groups in total. The standard InChI is InChI=1S/C12H9N5S/c13-10-6-17-12(15-10)18-11(16-17)8-5-14-9-4-2-1-3-7(8)9/h1-6,14H,13H2. The van der Waals surface area contributed by atoms with Gasteiger partial charge in [0.1, 0.15) is 10.8 Å². The summed E-state index contributed by atoms with van der Waals surface area (Å²) in [6.07, 6.45) is 3.70. The van der Waals surface area contributed by atoms with Gasteiger partial charge in [-0.3, -0.25) is 0 Å². The van der Waals surface area contributed by atoms with Gasteiger partial charge in [0.15, 0.2) is 0 Å². The van der Waals surface area contributed by atoms with Crippen LogP contribution in [0.2, 0.25) is 0 Å². The van der Waals surface area contributed by atoms with Gasteiger partial charge >= 0.3 is 0 Å². The fourth-order valence-electron chi connectivity index (χ4n) is 2.07. The summed E-state index contributed by atoms with van der Waals surface area (Å²) in [5, 5.41) is 6.61. The molecular formula is C12H9N5S. The van der Waals surface area contributed by atoms with Gasteiger partial charge in [-0.1, -0.05) is 29.5 Å². The summed E-state index contributed by atoms with van der Waals surface area (Å²) in [7, 11) is 0. The van der Waals surface area contributed by atoms with Crippen molar-refractivity contribution in [2.45, 2.75) is 0 Å². The second kappa shape index (κ2) is 3.33. The van der Waals surface area contributed by atoms with Crippen molar-refractivity contribution in [3.63, 3.8) is 0 Å². The Labute approximate surface area is 106 Å². The van der Waals surface area contributed by atoms with Gasteiger partial charge in [-0.15, -0.1) is 0 Å². The Hall–Kier alpha value is -2.34. The van der Waals surface area contributed by atoms with E-state index < -0.39 is 0 Å². The highest BCUT2D eigenvalue weighted by Gasteiger charge is 2.12. The first-order chi connectivity index (χ1) is 8.81. The predicted molar refractivity (Wildman–Crippen MR) is 72.6 cm³/mol. The number of anilines is 1. The second-order valence-electron chi connectivity index (χ2n) is 4.05. The highest BCUT2D eigenvalue weighted by atomic mass is 32.1. The molecule has 5 nitrogen and oxygen atoms in total. The van der Waals surface area contributed by atoms with Crippen molar-refractivity contribution in [3.05, 3.63) is 36.7 Å². The Morgan fingerprint density at radius 3 is 3.06 bits per heavy atom. The lowest BCUT2D eigenvalue weighted by Crippen LogP contribution is -1.83. The van der Waals surface area contributed by atoms with Gasteiger partial charge in [0, 0.05) is 22.7 Å². The van der Waals surface area contributed by atoms with Crippen LogP contribution in [-0.4, -0.2) is 19.6 Å². The number of benzene rings is 1. The second-order valence-corrected chi connectivity index (χ2v) is 5.00. The maximum absolute atomic E-state index is 5.62. The maximum Gasteiger partial charge on any atom is 0.214 e. The topological polar surface area (TPSA) is 72.0 Å². The van der Waals surface area contributed by atoms with Gasteiger partial charge in [0.25, 0.3) is 0 Å².